The number of hydrogen-bond donors (Lipinski definition) is 0. The van der Waals surface area contributed by atoms with Crippen LogP contribution in [0, 0.1) is 17.8 Å². The summed E-state index contributed by atoms with van der Waals surface area (Å²) < 4.78 is 92.6. The Kier molecular flexibility index (Phi) is 9.08. The second kappa shape index (κ2) is 12.3. The number of likely N-dealkylation sites (tertiary alicyclic amines) is 1. The van der Waals surface area contributed by atoms with E-state index in [2.05, 4.69) is 18.2 Å². The van der Waals surface area contributed by atoms with Gasteiger partial charge in [-0.2, -0.15) is 26.3 Å². The molecule has 43 heavy (non-hydrogen) atoms. The van der Waals surface area contributed by atoms with E-state index in [1.54, 1.807) is 6.92 Å². The van der Waals surface area contributed by atoms with Crippen LogP contribution in [0.2, 0.25) is 0 Å². The third-order valence-corrected chi connectivity index (χ3v) is 9.67. The molecule has 4 atom stereocenters. The van der Waals surface area contributed by atoms with Crippen LogP contribution in [0.4, 0.5) is 26.3 Å². The number of rotatable bonds is 8. The number of alkyl halides is 6. The number of hydrogen-bond acceptors (Lipinski definition) is 4. The van der Waals surface area contributed by atoms with Gasteiger partial charge >= 0.3 is 18.3 Å². The van der Waals surface area contributed by atoms with Gasteiger partial charge in [-0.25, -0.2) is 0 Å². The van der Waals surface area contributed by atoms with Crippen molar-refractivity contribution in [2.75, 3.05) is 20.2 Å². The molecule has 1 saturated carbocycles. The van der Waals surface area contributed by atoms with Crippen LogP contribution in [-0.2, 0) is 28.3 Å². The summed E-state index contributed by atoms with van der Waals surface area (Å²) in [6.45, 7) is 4.48. The van der Waals surface area contributed by atoms with Crippen LogP contribution in [0.15, 0.2) is 36.4 Å². The first-order valence-electron chi connectivity index (χ1n) is 15.2. The van der Waals surface area contributed by atoms with Gasteiger partial charge in [-0.3, -0.25) is 9.69 Å². The monoisotopic (exact) mass is 611 g/mol. The highest BCUT2D eigenvalue weighted by molar-refractivity contribution is 5.73. The standard InChI is InChI=1S/C33H39F6NO3/c1-19(31(41)42-3)30(23-5-6-23)24-7-4-22-8-10-26(43-29(22)17-24)16-21-12-14-40(15-13-21)20(2)27-18-25(32(34,35)36)9-11-28(27)33(37,38)39/h4,7,9,11,17-21,23,26,30H,5-6,8,10,12-16H2,1-3H3/t19-,20+,26?,30-/m0/s1. The van der Waals surface area contributed by atoms with E-state index in [1.165, 1.54) is 7.11 Å². The summed E-state index contributed by atoms with van der Waals surface area (Å²) in [6, 6.07) is 7.20. The first-order valence-corrected chi connectivity index (χ1v) is 15.2. The molecule has 2 aliphatic heterocycles. The second-order valence-electron chi connectivity index (χ2n) is 12.5. The van der Waals surface area contributed by atoms with Crippen LogP contribution in [0.25, 0.3) is 0 Å². The van der Waals surface area contributed by atoms with Gasteiger partial charge in [-0.1, -0.05) is 19.1 Å². The zero-order valence-electron chi connectivity index (χ0n) is 24.7. The number of esters is 1. The fraction of sp³-hybridized carbons (Fsp3) is 0.606. The van der Waals surface area contributed by atoms with Crippen molar-refractivity contribution in [3.63, 3.8) is 0 Å². The van der Waals surface area contributed by atoms with Gasteiger partial charge in [0, 0.05) is 6.04 Å². The van der Waals surface area contributed by atoms with Crippen molar-refractivity contribution in [2.45, 2.75) is 89.2 Å². The highest BCUT2D eigenvalue weighted by Crippen LogP contribution is 2.48. The summed E-state index contributed by atoms with van der Waals surface area (Å²) in [5, 5.41) is 0. The average Bonchev–Trinajstić information content (AvgIpc) is 3.80. The number of fused-ring (bicyclic) bond motifs is 1. The van der Waals surface area contributed by atoms with Crippen molar-refractivity contribution in [1.82, 2.24) is 4.90 Å². The lowest BCUT2D eigenvalue weighted by atomic mass is 9.82. The van der Waals surface area contributed by atoms with Crippen molar-refractivity contribution in [2.24, 2.45) is 17.8 Å². The molecule has 0 spiro atoms. The second-order valence-corrected chi connectivity index (χ2v) is 12.5. The molecular formula is C33H39F6NO3. The molecule has 2 aromatic carbocycles. The van der Waals surface area contributed by atoms with Gasteiger partial charge < -0.3 is 9.47 Å². The molecule has 3 aliphatic rings. The molecule has 0 N–H and O–H groups in total. The van der Waals surface area contributed by atoms with E-state index in [0.717, 1.165) is 61.8 Å². The molecule has 1 saturated heterocycles. The smallest absolute Gasteiger partial charge is 0.416 e. The summed E-state index contributed by atoms with van der Waals surface area (Å²) in [7, 11) is 1.42. The van der Waals surface area contributed by atoms with Crippen LogP contribution in [0.3, 0.4) is 0 Å². The fourth-order valence-corrected chi connectivity index (χ4v) is 7.06. The Labute approximate surface area is 248 Å². The van der Waals surface area contributed by atoms with Crippen molar-refractivity contribution in [3.05, 3.63) is 64.2 Å². The van der Waals surface area contributed by atoms with Crippen molar-refractivity contribution >= 4 is 5.97 Å². The minimum atomic E-state index is -4.74. The normalized spacial score (nSPS) is 22.3. The third-order valence-electron chi connectivity index (χ3n) is 9.67. The molecule has 2 fully saturated rings. The number of nitrogens with zero attached hydrogens (tertiary/aromatic N) is 1. The van der Waals surface area contributed by atoms with Gasteiger partial charge in [0.25, 0.3) is 0 Å². The van der Waals surface area contributed by atoms with Crippen molar-refractivity contribution in [3.8, 4) is 5.75 Å². The van der Waals surface area contributed by atoms with Crippen LogP contribution in [-0.4, -0.2) is 37.2 Å². The molecule has 0 amide bonds. The SMILES string of the molecule is COC(=O)[C@@H](C)[C@H](c1ccc2c(c1)OC(CC1CCN([C@H](C)c3cc(C(F)(F)F)ccc3C(F)(F)F)CC1)CC2)C1CC1. The van der Waals surface area contributed by atoms with E-state index in [-0.39, 0.29) is 29.5 Å². The molecule has 2 heterocycles. The number of carbonyl (C=O) groups is 1. The topological polar surface area (TPSA) is 38.8 Å². The van der Waals surface area contributed by atoms with Crippen LogP contribution >= 0.6 is 0 Å². The predicted molar refractivity (Wildman–Crippen MR) is 150 cm³/mol. The number of carbonyl (C=O) groups excluding carboxylic acids is 1. The predicted octanol–water partition coefficient (Wildman–Crippen LogP) is 8.58. The Morgan fingerprint density at radius 2 is 1.65 bits per heavy atom. The molecule has 0 aromatic heterocycles. The molecule has 4 nitrogen and oxygen atoms in total. The highest BCUT2D eigenvalue weighted by Gasteiger charge is 2.41. The zero-order chi connectivity index (χ0) is 31.1. The Bertz CT molecular complexity index is 1300. The maximum absolute atomic E-state index is 13.7. The van der Waals surface area contributed by atoms with Crippen molar-refractivity contribution in [1.29, 1.82) is 0 Å². The van der Waals surface area contributed by atoms with Gasteiger partial charge in [0.15, 0.2) is 0 Å². The molecule has 236 valence electrons. The molecule has 0 bridgehead atoms. The lowest BCUT2D eigenvalue weighted by Gasteiger charge is -2.38. The number of halogens is 6. The maximum Gasteiger partial charge on any atom is 0.416 e. The Morgan fingerprint density at radius 3 is 2.26 bits per heavy atom. The summed E-state index contributed by atoms with van der Waals surface area (Å²) in [4.78, 5) is 14.2. The Balaban J connectivity index is 1.22. The number of ether oxygens (including phenoxy) is 2. The fourth-order valence-electron chi connectivity index (χ4n) is 7.06. The van der Waals surface area contributed by atoms with E-state index < -0.39 is 29.5 Å². The Hall–Kier alpha value is -2.75. The molecule has 0 radical (unpaired) electrons. The van der Waals surface area contributed by atoms with Crippen LogP contribution < -0.4 is 4.74 Å². The van der Waals surface area contributed by atoms with E-state index in [1.807, 2.05) is 11.8 Å². The highest BCUT2D eigenvalue weighted by atomic mass is 19.4. The summed E-state index contributed by atoms with van der Waals surface area (Å²) >= 11 is 0. The van der Waals surface area contributed by atoms with E-state index in [4.69, 9.17) is 9.47 Å². The lowest BCUT2D eigenvalue weighted by Crippen LogP contribution is -2.38. The van der Waals surface area contributed by atoms with Gasteiger partial charge in [0.2, 0.25) is 0 Å². The first-order chi connectivity index (χ1) is 20.3. The summed E-state index contributed by atoms with van der Waals surface area (Å²) in [5.74, 6) is 1.25. The molecule has 1 unspecified atom stereocenters. The summed E-state index contributed by atoms with van der Waals surface area (Å²) in [5.41, 5.74) is -0.192. The molecule has 5 rings (SSSR count). The largest absolute Gasteiger partial charge is 0.490 e. The van der Waals surface area contributed by atoms with Crippen LogP contribution in [0.5, 0.6) is 5.75 Å². The van der Waals surface area contributed by atoms with E-state index in [0.29, 0.717) is 43.1 Å². The average molecular weight is 612 g/mol. The number of aryl methyl sites for hydroxylation is 1. The van der Waals surface area contributed by atoms with E-state index >= 15 is 0 Å². The number of methoxy groups -OCH3 is 1. The zero-order valence-corrected chi connectivity index (χ0v) is 24.7. The van der Waals surface area contributed by atoms with Crippen molar-refractivity contribution < 1.29 is 40.6 Å². The molecule has 1 aliphatic carbocycles. The third kappa shape index (κ3) is 7.15. The number of piperidine rings is 1. The maximum atomic E-state index is 13.7. The molecule has 2 aromatic rings. The lowest BCUT2D eigenvalue weighted by molar-refractivity contribution is -0.146. The van der Waals surface area contributed by atoms with Gasteiger partial charge in [0.05, 0.1) is 30.3 Å². The van der Waals surface area contributed by atoms with Gasteiger partial charge in [-0.05, 0) is 124 Å². The first kappa shape index (κ1) is 31.7. The Morgan fingerprint density at radius 1 is 0.953 bits per heavy atom. The number of benzene rings is 2. The minimum Gasteiger partial charge on any atom is -0.490 e. The van der Waals surface area contributed by atoms with Crippen LogP contribution in [0.1, 0.15) is 92.1 Å². The molecular weight excluding hydrogens is 572 g/mol. The quantitative estimate of drug-likeness (QED) is 0.221. The van der Waals surface area contributed by atoms with Gasteiger partial charge in [-0.15, -0.1) is 0 Å². The van der Waals surface area contributed by atoms with Gasteiger partial charge in [0.1, 0.15) is 5.75 Å². The minimum absolute atomic E-state index is 0.00873. The summed E-state index contributed by atoms with van der Waals surface area (Å²) in [6.07, 6.45) is -3.23. The molecule has 10 heteroatoms. The van der Waals surface area contributed by atoms with E-state index in [9.17, 15) is 31.1 Å².